The van der Waals surface area contributed by atoms with Gasteiger partial charge in [0.2, 0.25) is 5.89 Å². The van der Waals surface area contributed by atoms with Crippen LogP contribution in [0.3, 0.4) is 0 Å². The van der Waals surface area contributed by atoms with Gasteiger partial charge in [0, 0.05) is 16.5 Å². The summed E-state index contributed by atoms with van der Waals surface area (Å²) in [7, 11) is 0. The van der Waals surface area contributed by atoms with Crippen molar-refractivity contribution in [3.63, 3.8) is 0 Å². The minimum atomic E-state index is -0.677. The van der Waals surface area contributed by atoms with Crippen LogP contribution in [0.2, 0.25) is 0 Å². The Morgan fingerprint density at radius 1 is 1.00 bits per heavy atom. The van der Waals surface area contributed by atoms with Gasteiger partial charge in [-0.05, 0) is 30.3 Å². The van der Waals surface area contributed by atoms with Crippen molar-refractivity contribution in [2.75, 3.05) is 5.32 Å². The fraction of sp³-hybridized carbons (Fsp3) is 0.190. The summed E-state index contributed by atoms with van der Waals surface area (Å²) in [5, 5.41) is 3.41. The maximum absolute atomic E-state index is 12.6. The Bertz CT molecular complexity index is 1230. The molecule has 4 rings (SSSR count). The van der Waals surface area contributed by atoms with Gasteiger partial charge in [-0.1, -0.05) is 39.0 Å². The van der Waals surface area contributed by atoms with Crippen molar-refractivity contribution in [1.82, 2.24) is 4.98 Å². The number of benzene rings is 2. The van der Waals surface area contributed by atoms with Crippen LogP contribution in [0, 0.1) is 0 Å². The van der Waals surface area contributed by atoms with Crippen LogP contribution < -0.4 is 10.9 Å². The highest BCUT2D eigenvalue weighted by atomic mass is 16.4. The average Bonchev–Trinajstić information content (AvgIpc) is 3.05. The molecule has 136 valence electrons. The van der Waals surface area contributed by atoms with Gasteiger partial charge in [0.1, 0.15) is 16.7 Å². The van der Waals surface area contributed by atoms with E-state index in [0.29, 0.717) is 33.6 Å². The summed E-state index contributed by atoms with van der Waals surface area (Å²) in [5.41, 5.74) is 1.30. The van der Waals surface area contributed by atoms with Gasteiger partial charge in [0.25, 0.3) is 5.91 Å². The number of carbonyl (C=O) groups excluding carboxylic acids is 1. The van der Waals surface area contributed by atoms with Crippen molar-refractivity contribution in [2.24, 2.45) is 0 Å². The number of nitrogens with zero attached hydrogens (tertiary/aromatic N) is 1. The molecule has 1 N–H and O–H groups in total. The van der Waals surface area contributed by atoms with E-state index in [4.69, 9.17) is 8.83 Å². The molecule has 0 unspecified atom stereocenters. The van der Waals surface area contributed by atoms with E-state index >= 15 is 0 Å². The lowest BCUT2D eigenvalue weighted by atomic mass is 9.97. The van der Waals surface area contributed by atoms with Crippen LogP contribution in [0.1, 0.15) is 37.0 Å². The van der Waals surface area contributed by atoms with E-state index in [9.17, 15) is 9.59 Å². The molecule has 2 aromatic heterocycles. The maximum Gasteiger partial charge on any atom is 0.349 e. The third-order valence-electron chi connectivity index (χ3n) is 4.17. The van der Waals surface area contributed by atoms with Gasteiger partial charge >= 0.3 is 5.63 Å². The Morgan fingerprint density at radius 3 is 2.56 bits per heavy atom. The molecular formula is C21H18N2O4. The SMILES string of the molecule is CC(C)(C)c1nc2cc(NC(=O)c3cc4ccccc4oc3=O)ccc2o1. The molecule has 4 aromatic rings. The fourth-order valence-corrected chi connectivity index (χ4v) is 2.74. The largest absolute Gasteiger partial charge is 0.440 e. The highest BCUT2D eigenvalue weighted by Gasteiger charge is 2.21. The van der Waals surface area contributed by atoms with E-state index in [1.807, 2.05) is 26.8 Å². The molecule has 0 saturated carbocycles. The molecule has 0 bridgehead atoms. The lowest BCUT2D eigenvalue weighted by molar-refractivity contribution is 0.102. The normalized spacial score (nSPS) is 11.8. The van der Waals surface area contributed by atoms with E-state index < -0.39 is 11.5 Å². The number of para-hydroxylation sites is 1. The van der Waals surface area contributed by atoms with Gasteiger partial charge in [-0.2, -0.15) is 0 Å². The number of nitrogens with one attached hydrogen (secondary N) is 1. The second-order valence-electron chi connectivity index (χ2n) is 7.39. The van der Waals surface area contributed by atoms with Gasteiger partial charge in [-0.25, -0.2) is 9.78 Å². The average molecular weight is 362 g/mol. The number of fused-ring (bicyclic) bond motifs is 2. The molecule has 1 amide bonds. The summed E-state index contributed by atoms with van der Waals surface area (Å²) < 4.78 is 11.0. The summed E-state index contributed by atoms with van der Waals surface area (Å²) in [4.78, 5) is 29.2. The molecular weight excluding hydrogens is 344 g/mol. The number of hydrogen-bond acceptors (Lipinski definition) is 5. The lowest BCUT2D eigenvalue weighted by Crippen LogP contribution is -2.20. The number of hydrogen-bond donors (Lipinski definition) is 1. The maximum atomic E-state index is 12.6. The van der Waals surface area contributed by atoms with E-state index in [-0.39, 0.29) is 11.0 Å². The summed E-state index contributed by atoms with van der Waals surface area (Å²) in [6, 6.07) is 13.8. The number of carbonyl (C=O) groups is 1. The Hall–Kier alpha value is -3.41. The smallest absolute Gasteiger partial charge is 0.349 e. The number of amides is 1. The Labute approximate surface area is 154 Å². The first-order valence-corrected chi connectivity index (χ1v) is 8.56. The van der Waals surface area contributed by atoms with E-state index in [0.717, 1.165) is 0 Å². The molecule has 6 nitrogen and oxygen atoms in total. The van der Waals surface area contributed by atoms with Crippen LogP contribution in [0.15, 0.2) is 62.2 Å². The Kier molecular flexibility index (Phi) is 3.84. The van der Waals surface area contributed by atoms with E-state index in [1.165, 1.54) is 6.07 Å². The Morgan fingerprint density at radius 2 is 1.78 bits per heavy atom. The molecule has 0 fully saturated rings. The third kappa shape index (κ3) is 3.21. The highest BCUT2D eigenvalue weighted by molar-refractivity contribution is 6.06. The number of oxazole rings is 1. The van der Waals surface area contributed by atoms with Crippen molar-refractivity contribution in [2.45, 2.75) is 26.2 Å². The Balaban J connectivity index is 1.66. The molecule has 0 aliphatic heterocycles. The van der Waals surface area contributed by atoms with Crippen LogP contribution in [0.4, 0.5) is 5.69 Å². The number of anilines is 1. The number of aromatic nitrogens is 1. The van der Waals surface area contributed by atoms with Gasteiger partial charge < -0.3 is 14.2 Å². The zero-order chi connectivity index (χ0) is 19.2. The lowest BCUT2D eigenvalue weighted by Gasteiger charge is -2.11. The van der Waals surface area contributed by atoms with E-state index in [2.05, 4.69) is 10.3 Å². The monoisotopic (exact) mass is 362 g/mol. The van der Waals surface area contributed by atoms with Crippen LogP contribution >= 0.6 is 0 Å². The van der Waals surface area contributed by atoms with Gasteiger partial charge in [-0.3, -0.25) is 4.79 Å². The number of rotatable bonds is 2. The minimum Gasteiger partial charge on any atom is -0.440 e. The van der Waals surface area contributed by atoms with Crippen molar-refractivity contribution >= 4 is 33.7 Å². The second kappa shape index (κ2) is 6.09. The van der Waals surface area contributed by atoms with Crippen LogP contribution in [0.25, 0.3) is 22.1 Å². The molecule has 2 heterocycles. The zero-order valence-electron chi connectivity index (χ0n) is 15.2. The van der Waals surface area contributed by atoms with Crippen molar-refractivity contribution < 1.29 is 13.6 Å². The minimum absolute atomic E-state index is 0.0515. The summed E-state index contributed by atoms with van der Waals surface area (Å²) in [6.45, 7) is 6.04. The fourth-order valence-electron chi connectivity index (χ4n) is 2.74. The predicted octanol–water partition coefficient (Wildman–Crippen LogP) is 4.48. The van der Waals surface area contributed by atoms with Crippen molar-refractivity contribution in [3.8, 4) is 0 Å². The van der Waals surface area contributed by atoms with Crippen LogP contribution in [-0.2, 0) is 5.41 Å². The highest BCUT2D eigenvalue weighted by Crippen LogP contribution is 2.27. The first kappa shape index (κ1) is 17.0. The molecule has 0 spiro atoms. The van der Waals surface area contributed by atoms with Crippen molar-refractivity contribution in [3.05, 3.63) is 70.4 Å². The molecule has 0 atom stereocenters. The molecule has 0 saturated heterocycles. The molecule has 0 aliphatic carbocycles. The molecule has 0 aliphatic rings. The quantitative estimate of drug-likeness (QED) is 0.531. The van der Waals surface area contributed by atoms with Crippen LogP contribution in [-0.4, -0.2) is 10.9 Å². The molecule has 27 heavy (non-hydrogen) atoms. The van der Waals surface area contributed by atoms with Crippen LogP contribution in [0.5, 0.6) is 0 Å². The molecule has 2 aromatic carbocycles. The van der Waals surface area contributed by atoms with Crippen molar-refractivity contribution in [1.29, 1.82) is 0 Å². The molecule has 0 radical (unpaired) electrons. The summed E-state index contributed by atoms with van der Waals surface area (Å²) >= 11 is 0. The van der Waals surface area contributed by atoms with Gasteiger partial charge in [0.05, 0.1) is 0 Å². The molecule has 6 heteroatoms. The first-order valence-electron chi connectivity index (χ1n) is 8.56. The summed E-state index contributed by atoms with van der Waals surface area (Å²) in [5.74, 6) is 0.0875. The standard InChI is InChI=1S/C21H18N2O4/c1-21(2,3)20-23-15-11-13(8-9-17(15)27-20)22-18(24)14-10-12-6-4-5-7-16(12)26-19(14)25/h4-11H,1-3H3,(H,22,24). The summed E-state index contributed by atoms with van der Waals surface area (Å²) in [6.07, 6.45) is 0. The first-order chi connectivity index (χ1) is 12.8. The second-order valence-corrected chi connectivity index (χ2v) is 7.39. The van der Waals surface area contributed by atoms with Gasteiger partial charge in [0.15, 0.2) is 5.58 Å². The topological polar surface area (TPSA) is 85.3 Å². The third-order valence-corrected chi connectivity index (χ3v) is 4.17. The zero-order valence-corrected chi connectivity index (χ0v) is 15.2. The van der Waals surface area contributed by atoms with Gasteiger partial charge in [-0.15, -0.1) is 0 Å². The van der Waals surface area contributed by atoms with E-state index in [1.54, 1.807) is 36.4 Å². The predicted molar refractivity (Wildman–Crippen MR) is 103 cm³/mol.